The van der Waals surface area contributed by atoms with Crippen LogP contribution in [0.2, 0.25) is 5.02 Å². The van der Waals surface area contributed by atoms with Crippen molar-refractivity contribution in [3.05, 3.63) is 112 Å². The average Bonchev–Trinajstić information content (AvgIpc) is 2.83. The molecule has 3 aromatic carbocycles. The number of nitrogens with zero attached hydrogens (tertiary/aromatic N) is 4. The van der Waals surface area contributed by atoms with E-state index in [0.717, 1.165) is 16.9 Å². The van der Waals surface area contributed by atoms with Gasteiger partial charge in [0.05, 0.1) is 16.3 Å². The predicted octanol–water partition coefficient (Wildman–Crippen LogP) is 5.82. The third kappa shape index (κ3) is 4.76. The average molecular weight is 447 g/mol. The number of hydrogen-bond acceptors (Lipinski definition) is 7. The Hall–Kier alpha value is -4.17. The summed E-state index contributed by atoms with van der Waals surface area (Å²) in [7, 11) is 0. The molecule has 0 aliphatic carbocycles. The fourth-order valence-electron chi connectivity index (χ4n) is 3.12. The summed E-state index contributed by atoms with van der Waals surface area (Å²) in [6, 6.07) is 26.2. The molecular formula is C23H19ClN6O2. The minimum absolute atomic E-state index is 0.0550. The highest BCUT2D eigenvalue weighted by Gasteiger charge is 2.25. The van der Waals surface area contributed by atoms with E-state index in [1.165, 1.54) is 6.33 Å². The van der Waals surface area contributed by atoms with Gasteiger partial charge in [-0.1, -0.05) is 66.2 Å². The Bertz CT molecular complexity index is 1170. The second-order valence-corrected chi connectivity index (χ2v) is 7.15. The van der Waals surface area contributed by atoms with Crippen molar-refractivity contribution in [2.24, 2.45) is 0 Å². The first kappa shape index (κ1) is 21.1. The van der Waals surface area contributed by atoms with Gasteiger partial charge in [0.2, 0.25) is 11.6 Å². The van der Waals surface area contributed by atoms with Gasteiger partial charge in [-0.05, 0) is 35.9 Å². The van der Waals surface area contributed by atoms with E-state index in [-0.39, 0.29) is 23.9 Å². The lowest BCUT2D eigenvalue weighted by atomic mass is 10.2. The Morgan fingerprint density at radius 3 is 2.00 bits per heavy atom. The summed E-state index contributed by atoms with van der Waals surface area (Å²) in [6.07, 6.45) is 1.28. The summed E-state index contributed by atoms with van der Waals surface area (Å²) >= 11 is 6.20. The van der Waals surface area contributed by atoms with Crippen molar-refractivity contribution < 1.29 is 4.92 Å². The van der Waals surface area contributed by atoms with E-state index >= 15 is 0 Å². The number of nitro groups is 1. The second kappa shape index (κ2) is 9.76. The van der Waals surface area contributed by atoms with Gasteiger partial charge in [0, 0.05) is 11.6 Å². The molecule has 4 aromatic rings. The molecule has 0 aliphatic rings. The Kier molecular flexibility index (Phi) is 6.43. The van der Waals surface area contributed by atoms with Crippen LogP contribution in [0.3, 0.4) is 0 Å². The van der Waals surface area contributed by atoms with Crippen LogP contribution in [0.1, 0.15) is 5.56 Å². The van der Waals surface area contributed by atoms with Gasteiger partial charge in [-0.25, -0.2) is 9.97 Å². The van der Waals surface area contributed by atoms with Gasteiger partial charge < -0.3 is 5.32 Å². The number of benzene rings is 3. The molecule has 0 saturated heterocycles. The van der Waals surface area contributed by atoms with E-state index in [0.29, 0.717) is 5.02 Å². The maximum Gasteiger partial charge on any atom is 0.354 e. The molecule has 0 bridgehead atoms. The highest BCUT2D eigenvalue weighted by atomic mass is 35.5. The van der Waals surface area contributed by atoms with Crippen molar-refractivity contribution in [3.63, 3.8) is 0 Å². The molecule has 4 rings (SSSR count). The first-order valence-corrected chi connectivity index (χ1v) is 10.1. The maximum absolute atomic E-state index is 12.0. The van der Waals surface area contributed by atoms with Gasteiger partial charge in [0.15, 0.2) is 0 Å². The van der Waals surface area contributed by atoms with E-state index in [4.69, 9.17) is 11.6 Å². The summed E-state index contributed by atoms with van der Waals surface area (Å²) in [4.78, 5) is 19.7. The molecule has 1 aromatic heterocycles. The van der Waals surface area contributed by atoms with Crippen molar-refractivity contribution in [2.45, 2.75) is 6.54 Å². The van der Waals surface area contributed by atoms with Crippen LogP contribution in [0.4, 0.5) is 28.7 Å². The zero-order valence-electron chi connectivity index (χ0n) is 16.9. The van der Waals surface area contributed by atoms with Crippen molar-refractivity contribution >= 4 is 40.3 Å². The number of nitrogens with one attached hydrogen (secondary N) is 2. The molecule has 0 fully saturated rings. The van der Waals surface area contributed by atoms with Crippen LogP contribution in [-0.4, -0.2) is 14.9 Å². The summed E-state index contributed by atoms with van der Waals surface area (Å²) in [5.74, 6) is 0.146. The van der Waals surface area contributed by atoms with Crippen molar-refractivity contribution in [2.75, 3.05) is 15.8 Å². The van der Waals surface area contributed by atoms with Gasteiger partial charge in [-0.15, -0.1) is 0 Å². The quantitative estimate of drug-likeness (QED) is 0.260. The Labute approximate surface area is 189 Å². The zero-order chi connectivity index (χ0) is 22.3. The SMILES string of the molecule is O=[N+]([O-])c1c(NCc2ccccc2Cl)ncnc1NN(c1ccccc1)c1ccccc1. The largest absolute Gasteiger partial charge is 0.360 e. The van der Waals surface area contributed by atoms with Gasteiger partial charge >= 0.3 is 5.69 Å². The van der Waals surface area contributed by atoms with Gasteiger partial charge in [0.25, 0.3) is 0 Å². The van der Waals surface area contributed by atoms with Gasteiger partial charge in [-0.3, -0.25) is 20.5 Å². The third-order valence-corrected chi connectivity index (χ3v) is 5.02. The molecule has 0 amide bonds. The topological polar surface area (TPSA) is 96.2 Å². The maximum atomic E-state index is 12.0. The van der Waals surface area contributed by atoms with Crippen LogP contribution in [0, 0.1) is 10.1 Å². The highest BCUT2D eigenvalue weighted by molar-refractivity contribution is 6.31. The second-order valence-electron chi connectivity index (χ2n) is 6.74. The number of hydrogen-bond donors (Lipinski definition) is 2. The summed E-state index contributed by atoms with van der Waals surface area (Å²) < 4.78 is 0. The minimum atomic E-state index is -0.508. The van der Waals surface area contributed by atoms with Crippen LogP contribution in [0.15, 0.2) is 91.3 Å². The van der Waals surface area contributed by atoms with Crippen LogP contribution in [-0.2, 0) is 6.54 Å². The van der Waals surface area contributed by atoms with Crippen LogP contribution in [0.5, 0.6) is 0 Å². The Balaban J connectivity index is 1.68. The van der Waals surface area contributed by atoms with Gasteiger partial charge in [-0.2, -0.15) is 0 Å². The lowest BCUT2D eigenvalue weighted by molar-refractivity contribution is -0.383. The van der Waals surface area contributed by atoms with Crippen molar-refractivity contribution in [1.29, 1.82) is 0 Å². The molecular weight excluding hydrogens is 428 g/mol. The number of para-hydroxylation sites is 2. The van der Waals surface area contributed by atoms with Crippen LogP contribution >= 0.6 is 11.6 Å². The van der Waals surface area contributed by atoms with Crippen LogP contribution in [0.25, 0.3) is 0 Å². The Morgan fingerprint density at radius 1 is 0.844 bits per heavy atom. The molecule has 0 aliphatic heterocycles. The lowest BCUT2D eigenvalue weighted by Crippen LogP contribution is -2.26. The molecule has 2 N–H and O–H groups in total. The molecule has 0 unspecified atom stereocenters. The van der Waals surface area contributed by atoms with E-state index in [1.54, 1.807) is 11.1 Å². The van der Waals surface area contributed by atoms with Gasteiger partial charge in [0.1, 0.15) is 6.33 Å². The predicted molar refractivity (Wildman–Crippen MR) is 126 cm³/mol. The molecule has 0 atom stereocenters. The molecule has 160 valence electrons. The van der Waals surface area contributed by atoms with E-state index in [2.05, 4.69) is 20.7 Å². The summed E-state index contributed by atoms with van der Waals surface area (Å²) in [6.45, 7) is 0.276. The number of aromatic nitrogens is 2. The summed E-state index contributed by atoms with van der Waals surface area (Å²) in [5.41, 5.74) is 5.19. The summed E-state index contributed by atoms with van der Waals surface area (Å²) in [5, 5.41) is 17.3. The standard InChI is InChI=1S/C23H19ClN6O2/c24-20-14-8-7-9-17(20)15-25-22-21(30(31)32)23(27-16-26-22)28-29(18-10-3-1-4-11-18)19-12-5-2-6-13-19/h1-14,16H,15H2,(H2,25,26,27,28). The Morgan fingerprint density at radius 2 is 1.41 bits per heavy atom. The van der Waals surface area contributed by atoms with Crippen molar-refractivity contribution in [3.8, 4) is 0 Å². The lowest BCUT2D eigenvalue weighted by Gasteiger charge is -2.26. The first-order chi connectivity index (χ1) is 15.6. The number of hydrazine groups is 1. The molecule has 9 heteroatoms. The number of halogens is 1. The van der Waals surface area contributed by atoms with E-state index < -0.39 is 4.92 Å². The molecule has 1 heterocycles. The molecule has 8 nitrogen and oxygen atoms in total. The smallest absolute Gasteiger partial charge is 0.354 e. The van der Waals surface area contributed by atoms with Crippen LogP contribution < -0.4 is 15.8 Å². The normalized spacial score (nSPS) is 10.4. The monoisotopic (exact) mass is 446 g/mol. The number of rotatable bonds is 8. The third-order valence-electron chi connectivity index (χ3n) is 4.66. The molecule has 0 spiro atoms. The highest BCUT2D eigenvalue weighted by Crippen LogP contribution is 2.33. The fraction of sp³-hybridized carbons (Fsp3) is 0.0435. The number of anilines is 4. The molecule has 0 radical (unpaired) electrons. The van der Waals surface area contributed by atoms with E-state index in [9.17, 15) is 10.1 Å². The first-order valence-electron chi connectivity index (χ1n) is 9.77. The fourth-order valence-corrected chi connectivity index (χ4v) is 3.32. The molecule has 32 heavy (non-hydrogen) atoms. The minimum Gasteiger partial charge on any atom is -0.360 e. The van der Waals surface area contributed by atoms with E-state index in [1.807, 2.05) is 78.9 Å². The molecule has 0 saturated carbocycles. The zero-order valence-corrected chi connectivity index (χ0v) is 17.6. The van der Waals surface area contributed by atoms with Crippen molar-refractivity contribution in [1.82, 2.24) is 9.97 Å².